The van der Waals surface area contributed by atoms with Crippen LogP contribution in [0.4, 0.5) is 0 Å². The third-order valence-electron chi connectivity index (χ3n) is 4.55. The van der Waals surface area contributed by atoms with E-state index in [2.05, 4.69) is 42.2 Å². The number of hydrogen-bond acceptors (Lipinski definition) is 1. The first-order chi connectivity index (χ1) is 8.20. The van der Waals surface area contributed by atoms with Crippen molar-refractivity contribution in [3.63, 3.8) is 0 Å². The second kappa shape index (κ2) is 4.16. The van der Waals surface area contributed by atoms with Crippen LogP contribution in [0.3, 0.4) is 0 Å². The Bertz CT molecular complexity index is 385. The summed E-state index contributed by atoms with van der Waals surface area (Å²) in [7, 11) is 0. The summed E-state index contributed by atoms with van der Waals surface area (Å²) in [4.78, 5) is 0. The highest BCUT2D eigenvalue weighted by atomic mass is 15.1. The molecule has 1 N–H and O–H groups in total. The van der Waals surface area contributed by atoms with Gasteiger partial charge in [-0.2, -0.15) is 0 Å². The molecule has 2 nitrogen and oxygen atoms in total. The molecule has 2 fully saturated rings. The molecule has 2 aliphatic rings. The highest BCUT2D eigenvalue weighted by Crippen LogP contribution is 2.52. The van der Waals surface area contributed by atoms with Gasteiger partial charge in [0.25, 0.3) is 0 Å². The lowest BCUT2D eigenvalue weighted by Gasteiger charge is -2.48. The molecule has 0 bridgehead atoms. The highest BCUT2D eigenvalue weighted by molar-refractivity contribution is 5.24. The van der Waals surface area contributed by atoms with E-state index in [0.717, 1.165) is 12.5 Å². The summed E-state index contributed by atoms with van der Waals surface area (Å²) in [5.74, 6) is 0.727. The molecule has 1 aromatic rings. The molecule has 1 spiro atoms. The molecule has 1 aromatic heterocycles. The maximum Gasteiger partial charge on any atom is 0.0404 e. The Morgan fingerprint density at radius 1 is 1.41 bits per heavy atom. The van der Waals surface area contributed by atoms with E-state index in [1.165, 1.54) is 37.8 Å². The fourth-order valence-electron chi connectivity index (χ4n) is 3.67. The van der Waals surface area contributed by atoms with E-state index in [0.29, 0.717) is 11.5 Å². The number of hydrogen-bond donors (Lipinski definition) is 1. The smallest absolute Gasteiger partial charge is 0.0404 e. The second-order valence-corrected chi connectivity index (χ2v) is 6.42. The minimum Gasteiger partial charge on any atom is -0.354 e. The van der Waals surface area contributed by atoms with E-state index in [4.69, 9.17) is 0 Å². The number of nitrogens with zero attached hydrogens (tertiary/aromatic N) is 1. The van der Waals surface area contributed by atoms with E-state index in [-0.39, 0.29) is 0 Å². The first-order valence-electron chi connectivity index (χ1n) is 7.09. The SMILES string of the molecule is CC(C)Cn1ccc([C@H]2NCC23CCCC3)c1. The summed E-state index contributed by atoms with van der Waals surface area (Å²) in [6, 6.07) is 2.96. The van der Waals surface area contributed by atoms with Gasteiger partial charge in [0.15, 0.2) is 0 Å². The third kappa shape index (κ3) is 1.93. The van der Waals surface area contributed by atoms with Crippen molar-refractivity contribution >= 4 is 0 Å². The van der Waals surface area contributed by atoms with Crippen LogP contribution >= 0.6 is 0 Å². The van der Waals surface area contributed by atoms with Gasteiger partial charge in [-0.15, -0.1) is 0 Å². The molecule has 0 unspecified atom stereocenters. The van der Waals surface area contributed by atoms with Crippen LogP contribution in [0.25, 0.3) is 0 Å². The maximum atomic E-state index is 3.65. The van der Waals surface area contributed by atoms with Crippen molar-refractivity contribution in [1.82, 2.24) is 9.88 Å². The molecule has 2 heterocycles. The zero-order chi connectivity index (χ0) is 11.9. The average Bonchev–Trinajstić information content (AvgIpc) is 2.85. The molecule has 1 aliphatic heterocycles. The lowest BCUT2D eigenvalue weighted by Crippen LogP contribution is -2.54. The summed E-state index contributed by atoms with van der Waals surface area (Å²) in [6.07, 6.45) is 10.3. The molecule has 0 aromatic carbocycles. The summed E-state index contributed by atoms with van der Waals surface area (Å²) < 4.78 is 2.35. The summed E-state index contributed by atoms with van der Waals surface area (Å²) in [5.41, 5.74) is 2.13. The van der Waals surface area contributed by atoms with Gasteiger partial charge in [0.2, 0.25) is 0 Å². The number of aromatic nitrogens is 1. The largest absolute Gasteiger partial charge is 0.354 e. The van der Waals surface area contributed by atoms with Crippen molar-refractivity contribution in [2.75, 3.05) is 6.54 Å². The van der Waals surface area contributed by atoms with Crippen molar-refractivity contribution in [1.29, 1.82) is 0 Å². The summed E-state index contributed by atoms with van der Waals surface area (Å²) in [5, 5.41) is 3.65. The maximum absolute atomic E-state index is 3.65. The van der Waals surface area contributed by atoms with E-state index in [1.807, 2.05) is 0 Å². The lowest BCUT2D eigenvalue weighted by atomic mass is 9.70. The van der Waals surface area contributed by atoms with Gasteiger partial charge in [-0.05, 0) is 30.4 Å². The first kappa shape index (κ1) is 11.3. The Morgan fingerprint density at radius 3 is 2.76 bits per heavy atom. The van der Waals surface area contributed by atoms with Gasteiger partial charge in [-0.1, -0.05) is 26.7 Å². The summed E-state index contributed by atoms with van der Waals surface area (Å²) in [6.45, 7) is 6.94. The van der Waals surface area contributed by atoms with Gasteiger partial charge in [0.1, 0.15) is 0 Å². The van der Waals surface area contributed by atoms with Crippen LogP contribution in [0, 0.1) is 11.3 Å². The molecule has 1 saturated carbocycles. The predicted molar refractivity (Wildman–Crippen MR) is 70.9 cm³/mol. The van der Waals surface area contributed by atoms with Crippen LogP contribution in [0.5, 0.6) is 0 Å². The molecule has 1 saturated heterocycles. The van der Waals surface area contributed by atoms with Crippen LogP contribution in [0.15, 0.2) is 18.5 Å². The van der Waals surface area contributed by atoms with Crippen LogP contribution in [0.1, 0.15) is 51.1 Å². The molecule has 1 atom stereocenters. The van der Waals surface area contributed by atoms with Crippen LogP contribution < -0.4 is 5.32 Å². The molecular weight excluding hydrogens is 208 g/mol. The van der Waals surface area contributed by atoms with Gasteiger partial charge in [-0.25, -0.2) is 0 Å². The fourth-order valence-corrected chi connectivity index (χ4v) is 3.67. The van der Waals surface area contributed by atoms with Crippen LogP contribution in [-0.4, -0.2) is 11.1 Å². The minimum atomic E-state index is 0.615. The lowest BCUT2D eigenvalue weighted by molar-refractivity contribution is 0.0894. The van der Waals surface area contributed by atoms with Crippen molar-refractivity contribution < 1.29 is 0 Å². The zero-order valence-corrected chi connectivity index (χ0v) is 11.1. The Balaban J connectivity index is 1.74. The Labute approximate surface area is 104 Å². The fraction of sp³-hybridized carbons (Fsp3) is 0.733. The van der Waals surface area contributed by atoms with Gasteiger partial charge < -0.3 is 9.88 Å². The van der Waals surface area contributed by atoms with Gasteiger partial charge in [0, 0.05) is 36.9 Å². The number of nitrogens with one attached hydrogen (secondary N) is 1. The van der Waals surface area contributed by atoms with Gasteiger partial charge in [-0.3, -0.25) is 0 Å². The van der Waals surface area contributed by atoms with Crippen molar-refractivity contribution in [2.24, 2.45) is 11.3 Å². The van der Waals surface area contributed by atoms with E-state index in [1.54, 1.807) is 0 Å². The molecule has 2 heteroatoms. The second-order valence-electron chi connectivity index (χ2n) is 6.42. The molecule has 94 valence electrons. The molecule has 0 radical (unpaired) electrons. The average molecular weight is 232 g/mol. The van der Waals surface area contributed by atoms with Crippen LogP contribution in [0.2, 0.25) is 0 Å². The van der Waals surface area contributed by atoms with Gasteiger partial charge in [0.05, 0.1) is 0 Å². The zero-order valence-electron chi connectivity index (χ0n) is 11.1. The molecule has 17 heavy (non-hydrogen) atoms. The molecule has 3 rings (SSSR count). The summed E-state index contributed by atoms with van der Waals surface area (Å²) >= 11 is 0. The standard InChI is InChI=1S/C15H24N2/c1-12(2)9-17-8-5-13(10-17)14-15(11-16-14)6-3-4-7-15/h5,8,10,12,14,16H,3-4,6-7,9,11H2,1-2H3/t14-/m1/s1. The first-order valence-corrected chi connectivity index (χ1v) is 7.09. The highest BCUT2D eigenvalue weighted by Gasteiger charge is 2.48. The number of rotatable bonds is 3. The topological polar surface area (TPSA) is 17.0 Å². The third-order valence-corrected chi connectivity index (χ3v) is 4.55. The van der Waals surface area contributed by atoms with E-state index in [9.17, 15) is 0 Å². The van der Waals surface area contributed by atoms with Crippen LogP contribution in [-0.2, 0) is 6.54 Å². The predicted octanol–water partition coefficient (Wildman–Crippen LogP) is 3.35. The van der Waals surface area contributed by atoms with E-state index < -0.39 is 0 Å². The minimum absolute atomic E-state index is 0.615. The van der Waals surface area contributed by atoms with Crippen molar-refractivity contribution in [2.45, 2.75) is 52.1 Å². The Kier molecular flexibility index (Phi) is 2.78. The monoisotopic (exact) mass is 232 g/mol. The molecule has 1 aliphatic carbocycles. The molecular formula is C15H24N2. The normalized spacial score (nSPS) is 26.6. The van der Waals surface area contributed by atoms with Crippen molar-refractivity contribution in [3.05, 3.63) is 24.0 Å². The molecule has 0 amide bonds. The van der Waals surface area contributed by atoms with Gasteiger partial charge >= 0.3 is 0 Å². The Hall–Kier alpha value is -0.760. The Morgan fingerprint density at radius 2 is 2.18 bits per heavy atom. The van der Waals surface area contributed by atoms with E-state index >= 15 is 0 Å². The van der Waals surface area contributed by atoms with Crippen molar-refractivity contribution in [3.8, 4) is 0 Å². The quantitative estimate of drug-likeness (QED) is 0.845.